The van der Waals surface area contributed by atoms with E-state index >= 15 is 0 Å². The Bertz CT molecular complexity index is 939. The van der Waals surface area contributed by atoms with E-state index in [1.165, 1.54) is 31.4 Å². The van der Waals surface area contributed by atoms with Crippen LogP contribution < -0.4 is 26.7 Å². The fraction of sp³-hybridized carbons (Fsp3) is 0.176. The lowest BCUT2D eigenvalue weighted by molar-refractivity contribution is -0.118. The van der Waals surface area contributed by atoms with Crippen LogP contribution in [0, 0.1) is 6.92 Å². The number of hydrazone groups is 1. The van der Waals surface area contributed by atoms with Crippen LogP contribution in [0.4, 0.5) is 5.13 Å². The summed E-state index contributed by atoms with van der Waals surface area (Å²) >= 11 is 6.11. The molecule has 0 saturated carbocycles. The third kappa shape index (κ3) is 5.93. The number of carbonyl (C=O) groups is 1. The number of nitrogens with zero attached hydrogens (tertiary/aromatic N) is 2. The fourth-order valence-corrected chi connectivity index (χ4v) is 3.02. The Morgan fingerprint density at radius 2 is 2.21 bits per heavy atom. The van der Waals surface area contributed by atoms with Crippen LogP contribution in [0.2, 0.25) is 0 Å². The van der Waals surface area contributed by atoms with Gasteiger partial charge in [-0.05, 0) is 42.9 Å². The van der Waals surface area contributed by atoms with Gasteiger partial charge >= 0.3 is 0 Å². The van der Waals surface area contributed by atoms with Gasteiger partial charge in [-0.15, -0.1) is 0 Å². The number of aryl methyl sites for hydroxylation is 1. The molecule has 6 N–H and O–H groups in total. The predicted molar refractivity (Wildman–Crippen MR) is 114 cm³/mol. The number of nitrogens with two attached hydrogens (primary N) is 1. The minimum absolute atomic E-state index is 0.0240. The van der Waals surface area contributed by atoms with Crippen LogP contribution in [-0.2, 0) is 4.79 Å². The number of phenols is 1. The van der Waals surface area contributed by atoms with Crippen molar-refractivity contribution in [2.45, 2.75) is 13.8 Å². The second-order valence-corrected chi connectivity index (χ2v) is 6.92. The van der Waals surface area contributed by atoms with E-state index in [4.69, 9.17) is 22.7 Å². The number of allylic oxidation sites excluding steroid dienone is 1. The topological polar surface area (TPSA) is 134 Å². The van der Waals surface area contributed by atoms with Crippen LogP contribution in [0.1, 0.15) is 23.1 Å². The zero-order valence-electron chi connectivity index (χ0n) is 15.4. The van der Waals surface area contributed by atoms with Crippen LogP contribution in [0.5, 0.6) is 11.5 Å². The van der Waals surface area contributed by atoms with Gasteiger partial charge in [0.2, 0.25) is 11.0 Å². The van der Waals surface area contributed by atoms with Crippen LogP contribution in [-0.4, -0.2) is 33.9 Å². The van der Waals surface area contributed by atoms with Crippen molar-refractivity contribution in [3.8, 4) is 11.5 Å². The van der Waals surface area contributed by atoms with Gasteiger partial charge in [-0.1, -0.05) is 23.5 Å². The van der Waals surface area contributed by atoms with Crippen molar-refractivity contribution in [1.29, 1.82) is 0 Å². The molecule has 1 aromatic carbocycles. The van der Waals surface area contributed by atoms with Crippen molar-refractivity contribution < 1.29 is 14.6 Å². The first-order valence-corrected chi connectivity index (χ1v) is 9.21. The van der Waals surface area contributed by atoms with E-state index in [2.05, 4.69) is 26.4 Å². The summed E-state index contributed by atoms with van der Waals surface area (Å²) in [6.45, 7) is 3.21. The predicted octanol–water partition coefficient (Wildman–Crippen LogP) is 1.88. The van der Waals surface area contributed by atoms with E-state index < -0.39 is 0 Å². The first kappa shape index (κ1) is 21.1. The number of phenolic OH excluding ortho intramolecular Hbond substituents is 1. The third-order valence-electron chi connectivity index (χ3n) is 3.30. The summed E-state index contributed by atoms with van der Waals surface area (Å²) in [7, 11) is 1.48. The lowest BCUT2D eigenvalue weighted by atomic mass is 10.1. The van der Waals surface area contributed by atoms with Gasteiger partial charge in [0.25, 0.3) is 0 Å². The SMILES string of the molecule is COc1cc(/C=C\C(=N\NC(N)=S)c2sc(NNC(C)=O)nc2C)ccc1O. The summed E-state index contributed by atoms with van der Waals surface area (Å²) in [4.78, 5) is 16.2. The number of thiazole rings is 1. The molecule has 11 heteroatoms. The molecular weight excluding hydrogens is 400 g/mol. The highest BCUT2D eigenvalue weighted by atomic mass is 32.1. The summed E-state index contributed by atoms with van der Waals surface area (Å²) in [5.74, 6) is 0.174. The average Bonchev–Trinajstić information content (AvgIpc) is 3.01. The van der Waals surface area contributed by atoms with Gasteiger partial charge in [-0.25, -0.2) is 4.98 Å². The number of methoxy groups -OCH3 is 1. The van der Waals surface area contributed by atoms with Crippen molar-refractivity contribution in [3.05, 3.63) is 40.4 Å². The zero-order valence-corrected chi connectivity index (χ0v) is 17.1. The van der Waals surface area contributed by atoms with Crippen LogP contribution in [0.15, 0.2) is 29.4 Å². The number of amides is 1. The maximum absolute atomic E-state index is 11.1. The number of ether oxygens (including phenoxy) is 1. The van der Waals surface area contributed by atoms with E-state index in [1.807, 2.05) is 6.92 Å². The average molecular weight is 421 g/mol. The van der Waals surface area contributed by atoms with Crippen molar-refractivity contribution in [1.82, 2.24) is 15.8 Å². The van der Waals surface area contributed by atoms with Crippen LogP contribution in [0.25, 0.3) is 6.08 Å². The molecule has 0 atom stereocenters. The normalized spacial score (nSPS) is 11.3. The smallest absolute Gasteiger partial charge is 0.235 e. The van der Waals surface area contributed by atoms with Crippen molar-refractivity contribution in [3.63, 3.8) is 0 Å². The molecule has 0 saturated heterocycles. The monoisotopic (exact) mass is 420 g/mol. The molecule has 0 aliphatic heterocycles. The number of rotatable bonds is 7. The number of carbonyl (C=O) groups excluding carboxylic acids is 1. The number of aromatic hydroxyl groups is 1. The molecule has 1 aromatic heterocycles. The molecule has 2 rings (SSSR count). The molecule has 9 nitrogen and oxygen atoms in total. The molecule has 0 spiro atoms. The first-order chi connectivity index (χ1) is 13.3. The Balaban J connectivity index is 2.34. The minimum Gasteiger partial charge on any atom is -0.504 e. The minimum atomic E-state index is -0.236. The first-order valence-electron chi connectivity index (χ1n) is 7.98. The van der Waals surface area contributed by atoms with Crippen molar-refractivity contribution in [2.75, 3.05) is 12.5 Å². The highest BCUT2D eigenvalue weighted by molar-refractivity contribution is 7.80. The van der Waals surface area contributed by atoms with Crippen molar-refractivity contribution >= 4 is 51.5 Å². The molecule has 0 aliphatic carbocycles. The van der Waals surface area contributed by atoms with E-state index in [0.717, 1.165) is 10.4 Å². The molecule has 1 heterocycles. The van der Waals surface area contributed by atoms with E-state index in [-0.39, 0.29) is 16.8 Å². The van der Waals surface area contributed by atoms with Crippen LogP contribution in [0.3, 0.4) is 0 Å². The number of anilines is 1. The molecule has 28 heavy (non-hydrogen) atoms. The Morgan fingerprint density at radius 3 is 2.86 bits per heavy atom. The Labute approximate surface area is 171 Å². The Morgan fingerprint density at radius 1 is 1.46 bits per heavy atom. The van der Waals surface area contributed by atoms with Gasteiger partial charge < -0.3 is 15.6 Å². The van der Waals surface area contributed by atoms with Gasteiger partial charge in [0, 0.05) is 6.92 Å². The molecule has 0 fully saturated rings. The fourth-order valence-electron chi connectivity index (χ4n) is 2.08. The maximum Gasteiger partial charge on any atom is 0.235 e. The van der Waals surface area contributed by atoms with E-state index in [9.17, 15) is 9.90 Å². The highest BCUT2D eigenvalue weighted by Crippen LogP contribution is 2.27. The number of hydrazine groups is 1. The van der Waals surface area contributed by atoms with Gasteiger partial charge in [0.05, 0.1) is 17.7 Å². The third-order valence-corrected chi connectivity index (χ3v) is 4.49. The van der Waals surface area contributed by atoms with Crippen molar-refractivity contribution in [2.24, 2.45) is 10.8 Å². The second kappa shape index (κ2) is 9.67. The maximum atomic E-state index is 11.1. The standard InChI is InChI=1S/C17H20N6O3S2/c1-9-15(28-17(19-9)23-20-10(2)24)12(21-22-16(18)27)6-4-11-5-7-13(25)14(8-11)26-3/h4-8,25H,1-3H3,(H,19,23)(H,20,24)(H3,18,22,27)/b6-4-,21-12-. The molecular formula is C17H20N6O3S2. The summed E-state index contributed by atoms with van der Waals surface area (Å²) in [6, 6.07) is 4.96. The van der Waals surface area contributed by atoms with Crippen LogP contribution >= 0.6 is 23.6 Å². The number of aromatic nitrogens is 1. The number of hydrogen-bond acceptors (Lipinski definition) is 8. The molecule has 0 unspecified atom stereocenters. The molecule has 0 radical (unpaired) electrons. The second-order valence-electron chi connectivity index (χ2n) is 5.48. The molecule has 1 amide bonds. The summed E-state index contributed by atoms with van der Waals surface area (Å²) in [5.41, 5.74) is 15.3. The van der Waals surface area contributed by atoms with Gasteiger partial charge in [-0.3, -0.25) is 21.1 Å². The Hall–Kier alpha value is -3.18. The van der Waals surface area contributed by atoms with E-state index in [1.54, 1.807) is 24.3 Å². The molecule has 148 valence electrons. The quantitative estimate of drug-likeness (QED) is 0.260. The number of benzene rings is 1. The lowest BCUT2D eigenvalue weighted by Gasteiger charge is -2.04. The van der Waals surface area contributed by atoms with E-state index in [0.29, 0.717) is 22.3 Å². The van der Waals surface area contributed by atoms with Gasteiger partial charge in [0.15, 0.2) is 16.6 Å². The number of nitrogens with one attached hydrogen (secondary N) is 3. The van der Waals surface area contributed by atoms with Gasteiger partial charge in [0.1, 0.15) is 5.71 Å². The summed E-state index contributed by atoms with van der Waals surface area (Å²) in [5, 5.41) is 14.5. The zero-order chi connectivity index (χ0) is 20.7. The largest absolute Gasteiger partial charge is 0.504 e. The highest BCUT2D eigenvalue weighted by Gasteiger charge is 2.13. The molecule has 2 aromatic rings. The Kier molecular flexibility index (Phi) is 7.29. The molecule has 0 bridgehead atoms. The molecule has 0 aliphatic rings. The lowest BCUT2D eigenvalue weighted by Crippen LogP contribution is -2.26. The summed E-state index contributed by atoms with van der Waals surface area (Å²) < 4.78 is 5.11. The summed E-state index contributed by atoms with van der Waals surface area (Å²) in [6.07, 6.45) is 3.54. The number of thiocarbonyl (C=S) groups is 1. The van der Waals surface area contributed by atoms with Gasteiger partial charge in [-0.2, -0.15) is 5.10 Å². The number of hydrogen-bond donors (Lipinski definition) is 5.